The Morgan fingerprint density at radius 1 is 1.12 bits per heavy atom. The lowest BCUT2D eigenvalue weighted by molar-refractivity contribution is -0.119. The van der Waals surface area contributed by atoms with Crippen LogP contribution in [-0.4, -0.2) is 33.3 Å². The third-order valence-electron chi connectivity index (χ3n) is 4.02. The maximum absolute atomic E-state index is 12.6. The summed E-state index contributed by atoms with van der Waals surface area (Å²) in [6.45, 7) is 4.20. The molecular formula is C18H20N2O4S. The van der Waals surface area contributed by atoms with Crippen LogP contribution in [0.3, 0.4) is 0 Å². The molecule has 0 spiro atoms. The minimum Gasteiger partial charge on any atom is -0.456 e. The molecule has 0 aliphatic carbocycles. The summed E-state index contributed by atoms with van der Waals surface area (Å²) >= 11 is 0. The van der Waals surface area contributed by atoms with Crippen LogP contribution in [0, 0.1) is 0 Å². The molecule has 2 aromatic carbocycles. The molecule has 0 aliphatic rings. The number of nitrogens with one attached hydrogen (secondary N) is 2. The molecule has 3 aromatic rings. The van der Waals surface area contributed by atoms with Crippen LogP contribution in [-0.2, 0) is 14.8 Å². The van der Waals surface area contributed by atoms with Crippen LogP contribution in [0.1, 0.15) is 13.8 Å². The zero-order valence-corrected chi connectivity index (χ0v) is 14.9. The first kappa shape index (κ1) is 17.6. The van der Waals surface area contributed by atoms with E-state index in [1.54, 1.807) is 19.1 Å². The number of hydrogen-bond donors (Lipinski definition) is 2. The first-order chi connectivity index (χ1) is 11.9. The van der Waals surface area contributed by atoms with Gasteiger partial charge in [0, 0.05) is 10.8 Å². The highest BCUT2D eigenvalue weighted by molar-refractivity contribution is 7.89. The number of fused-ring (bicyclic) bond motifs is 3. The van der Waals surface area contributed by atoms with E-state index in [-0.39, 0.29) is 17.2 Å². The Balaban J connectivity index is 1.91. The van der Waals surface area contributed by atoms with Crippen molar-refractivity contribution >= 4 is 37.7 Å². The first-order valence-corrected chi connectivity index (χ1v) is 9.57. The Kier molecular flexibility index (Phi) is 4.89. The molecule has 0 saturated carbocycles. The van der Waals surface area contributed by atoms with E-state index in [2.05, 4.69) is 10.0 Å². The van der Waals surface area contributed by atoms with E-state index in [0.717, 1.165) is 10.8 Å². The third kappa shape index (κ3) is 3.58. The van der Waals surface area contributed by atoms with E-state index in [1.807, 2.05) is 31.2 Å². The van der Waals surface area contributed by atoms with Gasteiger partial charge in [0.1, 0.15) is 11.2 Å². The minimum atomic E-state index is -3.81. The molecule has 132 valence electrons. The van der Waals surface area contributed by atoms with Crippen molar-refractivity contribution in [3.8, 4) is 0 Å². The second kappa shape index (κ2) is 6.95. The topological polar surface area (TPSA) is 88.4 Å². The smallest absolute Gasteiger partial charge is 0.241 e. The van der Waals surface area contributed by atoms with Gasteiger partial charge in [-0.3, -0.25) is 4.79 Å². The number of para-hydroxylation sites is 1. The SMILES string of the molecule is CCNCC(=O)C(C)NS(=O)(=O)c1ccc2oc3ccccc3c2c1. The normalized spacial score (nSPS) is 13.4. The average molecular weight is 360 g/mol. The number of ketones is 1. The lowest BCUT2D eigenvalue weighted by Crippen LogP contribution is -2.42. The summed E-state index contributed by atoms with van der Waals surface area (Å²) in [5, 5.41) is 4.48. The number of carbonyl (C=O) groups is 1. The monoisotopic (exact) mass is 360 g/mol. The fourth-order valence-electron chi connectivity index (χ4n) is 2.64. The Hall–Kier alpha value is -2.22. The lowest BCUT2D eigenvalue weighted by atomic mass is 10.1. The molecule has 0 bridgehead atoms. The van der Waals surface area contributed by atoms with Gasteiger partial charge in [-0.15, -0.1) is 0 Å². The summed E-state index contributed by atoms with van der Waals surface area (Å²) in [7, 11) is -3.81. The van der Waals surface area contributed by atoms with Crippen molar-refractivity contribution < 1.29 is 17.6 Å². The van der Waals surface area contributed by atoms with Gasteiger partial charge in [-0.1, -0.05) is 25.1 Å². The predicted octanol–water partition coefficient (Wildman–Crippen LogP) is 2.43. The highest BCUT2D eigenvalue weighted by Gasteiger charge is 2.22. The van der Waals surface area contributed by atoms with Crippen LogP contribution in [0.5, 0.6) is 0 Å². The highest BCUT2D eigenvalue weighted by Crippen LogP contribution is 2.30. The standard InChI is InChI=1S/C18H20N2O4S/c1-3-19-11-16(21)12(2)20-25(22,23)13-8-9-18-15(10-13)14-6-4-5-7-17(14)24-18/h4-10,12,19-20H,3,11H2,1-2H3. The number of rotatable bonds is 7. The fourth-order valence-corrected chi connectivity index (χ4v) is 3.89. The first-order valence-electron chi connectivity index (χ1n) is 8.09. The second-order valence-electron chi connectivity index (χ2n) is 5.85. The highest BCUT2D eigenvalue weighted by atomic mass is 32.2. The molecule has 7 heteroatoms. The molecule has 0 aliphatic heterocycles. The number of benzene rings is 2. The van der Waals surface area contributed by atoms with Crippen LogP contribution in [0.2, 0.25) is 0 Å². The van der Waals surface area contributed by atoms with Crippen molar-refractivity contribution in [1.29, 1.82) is 0 Å². The number of furan rings is 1. The Morgan fingerprint density at radius 2 is 1.84 bits per heavy atom. The molecule has 0 radical (unpaired) electrons. The maximum Gasteiger partial charge on any atom is 0.241 e. The zero-order valence-electron chi connectivity index (χ0n) is 14.1. The number of carbonyl (C=O) groups excluding carboxylic acids is 1. The quantitative estimate of drug-likeness (QED) is 0.676. The molecular weight excluding hydrogens is 340 g/mol. The summed E-state index contributed by atoms with van der Waals surface area (Å²) in [4.78, 5) is 12.1. The largest absolute Gasteiger partial charge is 0.456 e. The molecule has 0 amide bonds. The number of hydrogen-bond acceptors (Lipinski definition) is 5. The molecule has 6 nitrogen and oxygen atoms in total. The van der Waals surface area contributed by atoms with Gasteiger partial charge in [-0.2, -0.15) is 0 Å². The van der Waals surface area contributed by atoms with Crippen molar-refractivity contribution in [2.45, 2.75) is 24.8 Å². The summed E-state index contributed by atoms with van der Waals surface area (Å²) < 4.78 is 33.4. The van der Waals surface area contributed by atoms with Crippen molar-refractivity contribution in [3.63, 3.8) is 0 Å². The number of Topliss-reactive ketones (excluding diaryl/α,β-unsaturated/α-hetero) is 1. The van der Waals surface area contributed by atoms with Gasteiger partial charge in [-0.05, 0) is 37.7 Å². The van der Waals surface area contributed by atoms with Gasteiger partial charge in [-0.25, -0.2) is 13.1 Å². The van der Waals surface area contributed by atoms with E-state index in [0.29, 0.717) is 17.7 Å². The average Bonchev–Trinajstić information content (AvgIpc) is 2.97. The zero-order chi connectivity index (χ0) is 18.0. The molecule has 2 N–H and O–H groups in total. The van der Waals surface area contributed by atoms with E-state index in [1.165, 1.54) is 6.07 Å². The van der Waals surface area contributed by atoms with Gasteiger partial charge in [0.15, 0.2) is 5.78 Å². The van der Waals surface area contributed by atoms with Crippen molar-refractivity contribution in [3.05, 3.63) is 42.5 Å². The number of sulfonamides is 1. The van der Waals surface area contributed by atoms with Crippen LogP contribution in [0.25, 0.3) is 21.9 Å². The molecule has 0 saturated heterocycles. The fraction of sp³-hybridized carbons (Fsp3) is 0.278. The van der Waals surface area contributed by atoms with Gasteiger partial charge < -0.3 is 9.73 Å². The maximum atomic E-state index is 12.6. The van der Waals surface area contributed by atoms with E-state index in [4.69, 9.17) is 4.42 Å². The summed E-state index contributed by atoms with van der Waals surface area (Å²) in [6, 6.07) is 11.3. The van der Waals surface area contributed by atoms with Crippen LogP contribution < -0.4 is 10.0 Å². The van der Waals surface area contributed by atoms with Gasteiger partial charge in [0.2, 0.25) is 10.0 Å². The van der Waals surface area contributed by atoms with Crippen LogP contribution in [0.15, 0.2) is 51.8 Å². The molecule has 0 fully saturated rings. The van der Waals surface area contributed by atoms with E-state index >= 15 is 0 Å². The van der Waals surface area contributed by atoms with Gasteiger partial charge >= 0.3 is 0 Å². The molecule has 1 unspecified atom stereocenters. The molecule has 1 heterocycles. The van der Waals surface area contributed by atoms with Gasteiger partial charge in [0.05, 0.1) is 17.5 Å². The number of likely N-dealkylation sites (N-methyl/N-ethyl adjacent to an activating group) is 1. The van der Waals surface area contributed by atoms with Crippen LogP contribution >= 0.6 is 0 Å². The molecule has 1 aromatic heterocycles. The minimum absolute atomic E-state index is 0.106. The van der Waals surface area contributed by atoms with E-state index < -0.39 is 16.1 Å². The summed E-state index contributed by atoms with van der Waals surface area (Å²) in [5.41, 5.74) is 1.32. The van der Waals surface area contributed by atoms with Crippen molar-refractivity contribution in [1.82, 2.24) is 10.0 Å². The molecule has 1 atom stereocenters. The van der Waals surface area contributed by atoms with Gasteiger partial charge in [0.25, 0.3) is 0 Å². The Morgan fingerprint density at radius 3 is 2.60 bits per heavy atom. The predicted molar refractivity (Wildman–Crippen MR) is 97.1 cm³/mol. The van der Waals surface area contributed by atoms with Crippen molar-refractivity contribution in [2.24, 2.45) is 0 Å². The summed E-state index contributed by atoms with van der Waals surface area (Å²) in [5.74, 6) is -0.208. The molecule has 3 rings (SSSR count). The van der Waals surface area contributed by atoms with E-state index in [9.17, 15) is 13.2 Å². The molecule has 25 heavy (non-hydrogen) atoms. The van der Waals surface area contributed by atoms with Crippen molar-refractivity contribution in [2.75, 3.05) is 13.1 Å². The third-order valence-corrected chi connectivity index (χ3v) is 5.56. The lowest BCUT2D eigenvalue weighted by Gasteiger charge is -2.13. The Labute approximate surface area is 146 Å². The summed E-state index contributed by atoms with van der Waals surface area (Å²) in [6.07, 6.45) is 0. The van der Waals surface area contributed by atoms with Crippen LogP contribution in [0.4, 0.5) is 0 Å². The Bertz CT molecular complexity index is 1020. The second-order valence-corrected chi connectivity index (χ2v) is 7.56.